The van der Waals surface area contributed by atoms with E-state index in [2.05, 4.69) is 10.6 Å². The Morgan fingerprint density at radius 2 is 1.92 bits per heavy atom. The van der Waals surface area contributed by atoms with Crippen molar-refractivity contribution in [1.29, 1.82) is 0 Å². The van der Waals surface area contributed by atoms with Gasteiger partial charge in [-0.15, -0.1) is 11.3 Å². The van der Waals surface area contributed by atoms with Gasteiger partial charge in [0.25, 0.3) is 0 Å². The first-order chi connectivity index (χ1) is 11.6. The molecule has 128 valence electrons. The average molecular weight is 348 g/mol. The molecule has 0 saturated carbocycles. The molecular formula is C17H20N2O4S. The van der Waals surface area contributed by atoms with Gasteiger partial charge in [-0.25, -0.2) is 0 Å². The molecule has 0 bridgehead atoms. The molecular weight excluding hydrogens is 328 g/mol. The second-order valence-electron chi connectivity index (χ2n) is 5.07. The van der Waals surface area contributed by atoms with E-state index < -0.39 is 17.9 Å². The maximum atomic E-state index is 11.8. The van der Waals surface area contributed by atoms with Gasteiger partial charge in [-0.1, -0.05) is 24.3 Å². The van der Waals surface area contributed by atoms with Crippen molar-refractivity contribution in [3.63, 3.8) is 0 Å². The number of benzene rings is 1. The van der Waals surface area contributed by atoms with Crippen molar-refractivity contribution < 1.29 is 19.4 Å². The number of para-hydroxylation sites is 1. The van der Waals surface area contributed by atoms with Crippen LogP contribution in [0.1, 0.15) is 23.0 Å². The zero-order chi connectivity index (χ0) is 17.4. The maximum Gasteiger partial charge on any atom is 0.309 e. The van der Waals surface area contributed by atoms with Gasteiger partial charge < -0.3 is 20.5 Å². The number of hydrogen-bond acceptors (Lipinski definition) is 5. The second kappa shape index (κ2) is 9.05. The molecule has 0 aliphatic carbocycles. The minimum absolute atomic E-state index is 0.202. The first-order valence-electron chi connectivity index (χ1n) is 7.51. The van der Waals surface area contributed by atoms with Crippen molar-refractivity contribution in [2.45, 2.75) is 19.1 Å². The lowest BCUT2D eigenvalue weighted by Gasteiger charge is -2.11. The minimum Gasteiger partial charge on any atom is -0.496 e. The summed E-state index contributed by atoms with van der Waals surface area (Å²) in [6.07, 6.45) is -0.284. The van der Waals surface area contributed by atoms with E-state index in [4.69, 9.17) is 4.74 Å². The molecule has 1 aromatic heterocycles. The monoisotopic (exact) mass is 348 g/mol. The van der Waals surface area contributed by atoms with E-state index in [1.807, 2.05) is 35.7 Å². The van der Waals surface area contributed by atoms with E-state index in [-0.39, 0.29) is 13.1 Å². The molecule has 2 amide bonds. The van der Waals surface area contributed by atoms with Gasteiger partial charge in [-0.05, 0) is 23.9 Å². The standard InChI is InChI=1S/C17H20N2O4S/c1-23-14-6-3-2-5-12(14)11-19-17(22)16(21)18-9-8-13(20)15-7-4-10-24-15/h2-7,10,13,20H,8-9,11H2,1H3,(H,18,21)(H,19,22). The Kier molecular flexibility index (Phi) is 6.77. The molecule has 6 nitrogen and oxygen atoms in total. The van der Waals surface area contributed by atoms with Gasteiger partial charge in [0.05, 0.1) is 13.2 Å². The Balaban J connectivity index is 1.73. The molecule has 0 radical (unpaired) electrons. The predicted octanol–water partition coefficient (Wildman–Crippen LogP) is 1.61. The summed E-state index contributed by atoms with van der Waals surface area (Å²) < 4.78 is 5.19. The van der Waals surface area contributed by atoms with Crippen LogP contribution < -0.4 is 15.4 Å². The summed E-state index contributed by atoms with van der Waals surface area (Å²) in [5, 5.41) is 16.8. The van der Waals surface area contributed by atoms with Crippen LogP contribution in [-0.4, -0.2) is 30.6 Å². The highest BCUT2D eigenvalue weighted by molar-refractivity contribution is 7.10. The Morgan fingerprint density at radius 1 is 1.17 bits per heavy atom. The van der Waals surface area contributed by atoms with Crippen LogP contribution in [0, 0.1) is 0 Å². The number of aliphatic hydroxyl groups is 1. The van der Waals surface area contributed by atoms with E-state index >= 15 is 0 Å². The highest BCUT2D eigenvalue weighted by Crippen LogP contribution is 2.20. The van der Waals surface area contributed by atoms with E-state index in [1.54, 1.807) is 13.2 Å². The van der Waals surface area contributed by atoms with Crippen molar-refractivity contribution in [2.24, 2.45) is 0 Å². The van der Waals surface area contributed by atoms with Crippen molar-refractivity contribution >= 4 is 23.2 Å². The summed E-state index contributed by atoms with van der Waals surface area (Å²) in [5.41, 5.74) is 0.786. The first kappa shape index (κ1) is 18.0. The van der Waals surface area contributed by atoms with Crippen LogP contribution in [0.3, 0.4) is 0 Å². The molecule has 3 N–H and O–H groups in total. The van der Waals surface area contributed by atoms with Crippen LogP contribution in [0.5, 0.6) is 5.75 Å². The second-order valence-corrected chi connectivity index (χ2v) is 6.05. The molecule has 24 heavy (non-hydrogen) atoms. The topological polar surface area (TPSA) is 87.7 Å². The third-order valence-corrected chi connectivity index (χ3v) is 4.39. The normalized spacial score (nSPS) is 11.6. The highest BCUT2D eigenvalue weighted by atomic mass is 32.1. The highest BCUT2D eigenvalue weighted by Gasteiger charge is 2.15. The lowest BCUT2D eigenvalue weighted by molar-refractivity contribution is -0.139. The van der Waals surface area contributed by atoms with Crippen LogP contribution in [0.2, 0.25) is 0 Å². The number of aliphatic hydroxyl groups excluding tert-OH is 1. The molecule has 2 aromatic rings. The number of nitrogens with one attached hydrogen (secondary N) is 2. The number of carbonyl (C=O) groups excluding carboxylic acids is 2. The number of hydrogen-bond donors (Lipinski definition) is 3. The van der Waals surface area contributed by atoms with Gasteiger partial charge in [-0.3, -0.25) is 9.59 Å². The number of thiophene rings is 1. The van der Waals surface area contributed by atoms with Crippen LogP contribution in [0.25, 0.3) is 0 Å². The molecule has 0 aliphatic rings. The number of amides is 2. The summed E-state index contributed by atoms with van der Waals surface area (Å²) in [4.78, 5) is 24.4. The zero-order valence-electron chi connectivity index (χ0n) is 13.3. The van der Waals surface area contributed by atoms with Crippen LogP contribution in [0.15, 0.2) is 41.8 Å². The third-order valence-electron chi connectivity index (χ3n) is 3.41. The average Bonchev–Trinajstić information content (AvgIpc) is 3.14. The van der Waals surface area contributed by atoms with E-state index in [1.165, 1.54) is 11.3 Å². The van der Waals surface area contributed by atoms with Crippen molar-refractivity contribution in [3.05, 3.63) is 52.2 Å². The fourth-order valence-electron chi connectivity index (χ4n) is 2.13. The largest absolute Gasteiger partial charge is 0.496 e. The molecule has 1 aromatic carbocycles. The van der Waals surface area contributed by atoms with Crippen molar-refractivity contribution in [3.8, 4) is 5.75 Å². The first-order valence-corrected chi connectivity index (χ1v) is 8.39. The lowest BCUT2D eigenvalue weighted by Crippen LogP contribution is -2.40. The fraction of sp³-hybridized carbons (Fsp3) is 0.294. The molecule has 0 aliphatic heterocycles. The molecule has 0 fully saturated rings. The number of rotatable bonds is 7. The zero-order valence-corrected chi connectivity index (χ0v) is 14.1. The molecule has 2 rings (SSSR count). The van der Waals surface area contributed by atoms with Crippen LogP contribution >= 0.6 is 11.3 Å². The van der Waals surface area contributed by atoms with Crippen LogP contribution in [-0.2, 0) is 16.1 Å². The number of carbonyl (C=O) groups is 2. The quantitative estimate of drug-likeness (QED) is 0.664. The predicted molar refractivity (Wildman–Crippen MR) is 91.7 cm³/mol. The summed E-state index contributed by atoms with van der Waals surface area (Å²) >= 11 is 1.45. The van der Waals surface area contributed by atoms with Gasteiger partial charge in [0.2, 0.25) is 0 Å². The van der Waals surface area contributed by atoms with E-state index in [0.717, 1.165) is 10.4 Å². The molecule has 1 unspecified atom stereocenters. The van der Waals surface area contributed by atoms with Crippen molar-refractivity contribution in [2.75, 3.05) is 13.7 Å². The maximum absolute atomic E-state index is 11.8. The minimum atomic E-state index is -0.719. The summed E-state index contributed by atoms with van der Waals surface area (Å²) in [6, 6.07) is 10.9. The van der Waals surface area contributed by atoms with E-state index in [9.17, 15) is 14.7 Å². The molecule has 0 saturated heterocycles. The smallest absolute Gasteiger partial charge is 0.309 e. The fourth-order valence-corrected chi connectivity index (χ4v) is 2.88. The van der Waals surface area contributed by atoms with Gasteiger partial charge in [0.15, 0.2) is 0 Å². The molecule has 7 heteroatoms. The Morgan fingerprint density at radius 3 is 2.62 bits per heavy atom. The van der Waals surface area contributed by atoms with Gasteiger partial charge >= 0.3 is 11.8 Å². The SMILES string of the molecule is COc1ccccc1CNC(=O)C(=O)NCCC(O)c1cccs1. The van der Waals surface area contributed by atoms with Gasteiger partial charge in [0.1, 0.15) is 5.75 Å². The van der Waals surface area contributed by atoms with E-state index in [0.29, 0.717) is 12.2 Å². The van der Waals surface area contributed by atoms with Gasteiger partial charge in [0, 0.05) is 23.5 Å². The molecule has 1 heterocycles. The Hall–Kier alpha value is -2.38. The number of ether oxygens (including phenoxy) is 1. The summed E-state index contributed by atoms with van der Waals surface area (Å²) in [5.74, 6) is -0.785. The van der Waals surface area contributed by atoms with Crippen molar-refractivity contribution in [1.82, 2.24) is 10.6 Å². The Labute approximate surface area is 144 Å². The van der Waals surface area contributed by atoms with Gasteiger partial charge in [-0.2, -0.15) is 0 Å². The molecule has 0 spiro atoms. The summed E-state index contributed by atoms with van der Waals surface area (Å²) in [7, 11) is 1.55. The molecule has 1 atom stereocenters. The third kappa shape index (κ3) is 5.07. The van der Waals surface area contributed by atoms with Crippen LogP contribution in [0.4, 0.5) is 0 Å². The number of methoxy groups -OCH3 is 1. The lowest BCUT2D eigenvalue weighted by atomic mass is 10.2. The Bertz CT molecular complexity index is 673. The summed E-state index contributed by atoms with van der Waals surface area (Å²) in [6.45, 7) is 0.425.